The van der Waals surface area contributed by atoms with E-state index in [9.17, 15) is 0 Å². The Kier molecular flexibility index (Phi) is 4.06. The molecule has 1 aliphatic carbocycles. The number of hydrogen-bond donors (Lipinski definition) is 1. The summed E-state index contributed by atoms with van der Waals surface area (Å²) in [5.74, 6) is 4.13. The van der Waals surface area contributed by atoms with Gasteiger partial charge in [-0.3, -0.25) is 0 Å². The van der Waals surface area contributed by atoms with Gasteiger partial charge < -0.3 is 10.2 Å². The molecule has 4 rings (SSSR count). The van der Waals surface area contributed by atoms with Gasteiger partial charge in [0.2, 0.25) is 0 Å². The van der Waals surface area contributed by atoms with Crippen LogP contribution in [-0.4, -0.2) is 39.8 Å². The molecule has 0 aromatic carbocycles. The third kappa shape index (κ3) is 3.72. The van der Waals surface area contributed by atoms with Crippen LogP contribution in [0.25, 0.3) is 0 Å². The second-order valence-electron chi connectivity index (χ2n) is 8.25. The van der Waals surface area contributed by atoms with Gasteiger partial charge in [-0.25, -0.2) is 9.97 Å². The van der Waals surface area contributed by atoms with E-state index in [0.717, 1.165) is 42.8 Å². The van der Waals surface area contributed by atoms with Crippen LogP contribution in [0.4, 0.5) is 11.6 Å². The Labute approximate surface area is 149 Å². The number of anilines is 2. The normalized spacial score (nSPS) is 18.1. The number of hydrogen-bond acceptors (Lipinski definition) is 6. The van der Waals surface area contributed by atoms with Gasteiger partial charge in [-0.05, 0) is 31.0 Å². The van der Waals surface area contributed by atoms with Gasteiger partial charge in [-0.15, -0.1) is 5.10 Å². The van der Waals surface area contributed by atoms with E-state index in [2.05, 4.69) is 63.3 Å². The lowest BCUT2D eigenvalue weighted by molar-refractivity contribution is 0.424. The van der Waals surface area contributed by atoms with Gasteiger partial charge in [0.15, 0.2) is 5.82 Å². The van der Waals surface area contributed by atoms with Crippen molar-refractivity contribution >= 4 is 11.6 Å². The van der Waals surface area contributed by atoms with Crippen LogP contribution in [-0.2, 0) is 5.41 Å². The quantitative estimate of drug-likeness (QED) is 0.904. The standard InChI is InChI=1S/C19H26N6/c1-19(2,3)15-6-7-17(24-23-15)25-11-13(12-25)10-21-16-8-9-20-18(22-16)14-4-5-14/h6-9,13-14H,4-5,10-12H2,1-3H3,(H,20,21,22). The molecule has 1 N–H and O–H groups in total. The predicted octanol–water partition coefficient (Wildman–Crippen LogP) is 2.99. The van der Waals surface area contributed by atoms with Crippen LogP contribution in [0, 0.1) is 5.92 Å². The molecule has 0 bridgehead atoms. The van der Waals surface area contributed by atoms with Crippen LogP contribution < -0.4 is 10.2 Å². The molecule has 6 nitrogen and oxygen atoms in total. The van der Waals surface area contributed by atoms with Crippen molar-refractivity contribution in [1.29, 1.82) is 0 Å². The largest absolute Gasteiger partial charge is 0.370 e. The van der Waals surface area contributed by atoms with Gasteiger partial charge in [0.05, 0.1) is 5.69 Å². The maximum Gasteiger partial charge on any atom is 0.151 e. The number of rotatable bonds is 5. The topological polar surface area (TPSA) is 66.8 Å². The first-order chi connectivity index (χ1) is 12.0. The Morgan fingerprint density at radius 1 is 1.12 bits per heavy atom. The zero-order chi connectivity index (χ0) is 17.4. The highest BCUT2D eigenvalue weighted by Crippen LogP contribution is 2.38. The highest BCUT2D eigenvalue weighted by molar-refractivity contribution is 5.42. The summed E-state index contributed by atoms with van der Waals surface area (Å²) in [6.07, 6.45) is 4.33. The highest BCUT2D eigenvalue weighted by atomic mass is 15.3. The third-order valence-electron chi connectivity index (χ3n) is 4.89. The van der Waals surface area contributed by atoms with Crippen LogP contribution in [0.3, 0.4) is 0 Å². The third-order valence-corrected chi connectivity index (χ3v) is 4.89. The molecule has 0 amide bonds. The fraction of sp³-hybridized carbons (Fsp3) is 0.579. The minimum absolute atomic E-state index is 0.0454. The molecule has 1 saturated carbocycles. The molecule has 3 heterocycles. The zero-order valence-corrected chi connectivity index (χ0v) is 15.2. The van der Waals surface area contributed by atoms with Crippen molar-refractivity contribution in [3.05, 3.63) is 35.9 Å². The molecule has 0 atom stereocenters. The van der Waals surface area contributed by atoms with Crippen molar-refractivity contribution in [2.24, 2.45) is 5.92 Å². The molecule has 0 radical (unpaired) electrons. The second kappa shape index (κ2) is 6.24. The van der Waals surface area contributed by atoms with Crippen molar-refractivity contribution < 1.29 is 0 Å². The van der Waals surface area contributed by atoms with E-state index < -0.39 is 0 Å². The summed E-state index contributed by atoms with van der Waals surface area (Å²) >= 11 is 0. The first-order valence-electron chi connectivity index (χ1n) is 9.15. The number of aromatic nitrogens is 4. The number of nitrogens with zero attached hydrogens (tertiary/aromatic N) is 5. The van der Waals surface area contributed by atoms with Gasteiger partial charge >= 0.3 is 0 Å². The summed E-state index contributed by atoms with van der Waals surface area (Å²) < 4.78 is 0. The summed E-state index contributed by atoms with van der Waals surface area (Å²) in [6, 6.07) is 6.14. The molecule has 1 saturated heterocycles. The summed E-state index contributed by atoms with van der Waals surface area (Å²) in [4.78, 5) is 11.3. The van der Waals surface area contributed by atoms with E-state index in [1.807, 2.05) is 12.3 Å². The van der Waals surface area contributed by atoms with Crippen molar-refractivity contribution in [2.45, 2.75) is 44.9 Å². The van der Waals surface area contributed by atoms with Crippen LogP contribution in [0.15, 0.2) is 24.4 Å². The summed E-state index contributed by atoms with van der Waals surface area (Å²) in [6.45, 7) is 9.43. The smallest absolute Gasteiger partial charge is 0.151 e. The Morgan fingerprint density at radius 2 is 1.92 bits per heavy atom. The Hall–Kier alpha value is -2.24. The molecule has 132 valence electrons. The molecule has 1 aliphatic heterocycles. The Balaban J connectivity index is 1.27. The SMILES string of the molecule is CC(C)(C)c1ccc(N2CC(CNc3ccnc(C4CC4)n3)C2)nn1. The van der Waals surface area contributed by atoms with Gasteiger partial charge in [0.1, 0.15) is 11.6 Å². The van der Waals surface area contributed by atoms with E-state index in [-0.39, 0.29) is 5.41 Å². The lowest BCUT2D eigenvalue weighted by atomic mass is 9.92. The minimum atomic E-state index is 0.0454. The second-order valence-corrected chi connectivity index (χ2v) is 8.25. The van der Waals surface area contributed by atoms with Crippen molar-refractivity contribution in [3.8, 4) is 0 Å². The van der Waals surface area contributed by atoms with Crippen LogP contribution >= 0.6 is 0 Å². The molecule has 6 heteroatoms. The first kappa shape index (κ1) is 16.2. The van der Waals surface area contributed by atoms with Gasteiger partial charge in [0.25, 0.3) is 0 Å². The van der Waals surface area contributed by atoms with Crippen LogP contribution in [0.5, 0.6) is 0 Å². The lowest BCUT2D eigenvalue weighted by Gasteiger charge is -2.40. The molecule has 2 aliphatic rings. The van der Waals surface area contributed by atoms with Gasteiger partial charge in [-0.2, -0.15) is 5.10 Å². The Bertz CT molecular complexity index is 726. The summed E-state index contributed by atoms with van der Waals surface area (Å²) in [5.41, 5.74) is 1.08. The molecular formula is C19H26N6. The molecule has 2 fully saturated rings. The van der Waals surface area contributed by atoms with Crippen LogP contribution in [0.1, 0.15) is 51.0 Å². The lowest BCUT2D eigenvalue weighted by Crippen LogP contribution is -2.50. The van der Waals surface area contributed by atoms with E-state index >= 15 is 0 Å². The van der Waals surface area contributed by atoms with E-state index in [4.69, 9.17) is 0 Å². The highest BCUT2D eigenvalue weighted by Gasteiger charge is 2.29. The molecule has 25 heavy (non-hydrogen) atoms. The van der Waals surface area contributed by atoms with Crippen molar-refractivity contribution in [1.82, 2.24) is 20.2 Å². The molecule has 0 unspecified atom stereocenters. The first-order valence-corrected chi connectivity index (χ1v) is 9.15. The monoisotopic (exact) mass is 338 g/mol. The van der Waals surface area contributed by atoms with Gasteiger partial charge in [-0.1, -0.05) is 20.8 Å². The number of nitrogens with one attached hydrogen (secondary N) is 1. The summed E-state index contributed by atoms with van der Waals surface area (Å²) in [7, 11) is 0. The zero-order valence-electron chi connectivity index (χ0n) is 15.2. The van der Waals surface area contributed by atoms with Crippen LogP contribution in [0.2, 0.25) is 0 Å². The maximum atomic E-state index is 4.62. The van der Waals surface area contributed by atoms with E-state index in [1.165, 1.54) is 12.8 Å². The minimum Gasteiger partial charge on any atom is -0.370 e. The fourth-order valence-electron chi connectivity index (χ4n) is 3.04. The van der Waals surface area contributed by atoms with Gasteiger partial charge in [0, 0.05) is 43.1 Å². The molecule has 0 spiro atoms. The molecule has 2 aromatic rings. The Morgan fingerprint density at radius 3 is 2.56 bits per heavy atom. The van der Waals surface area contributed by atoms with E-state index in [1.54, 1.807) is 0 Å². The maximum absolute atomic E-state index is 4.62. The summed E-state index contributed by atoms with van der Waals surface area (Å²) in [5, 5.41) is 12.2. The molecular weight excluding hydrogens is 312 g/mol. The van der Waals surface area contributed by atoms with Crippen molar-refractivity contribution in [2.75, 3.05) is 29.9 Å². The predicted molar refractivity (Wildman–Crippen MR) is 98.9 cm³/mol. The van der Waals surface area contributed by atoms with E-state index in [0.29, 0.717) is 11.8 Å². The molecule has 2 aromatic heterocycles. The van der Waals surface area contributed by atoms with Crippen molar-refractivity contribution in [3.63, 3.8) is 0 Å². The average Bonchev–Trinajstić information content (AvgIpc) is 3.38. The fourth-order valence-corrected chi connectivity index (χ4v) is 3.04. The average molecular weight is 338 g/mol.